The molecule has 4 aromatic carbocycles. The number of hydrogen-bond donors (Lipinski definition) is 0. The summed E-state index contributed by atoms with van der Waals surface area (Å²) >= 11 is 0. The van der Waals surface area contributed by atoms with Gasteiger partial charge in [0, 0.05) is 5.56 Å². The molecule has 7 aromatic rings. The summed E-state index contributed by atoms with van der Waals surface area (Å²) in [5.74, 6) is -0.0840. The van der Waals surface area contributed by atoms with E-state index in [-0.39, 0.29) is 17.2 Å². The average molecular weight is 589 g/mol. The van der Waals surface area contributed by atoms with Crippen LogP contribution in [0, 0.1) is 0 Å². The van der Waals surface area contributed by atoms with E-state index in [0.29, 0.717) is 33.6 Å². The zero-order chi connectivity index (χ0) is 30.0. The number of ether oxygens (including phenoxy) is 1. The summed E-state index contributed by atoms with van der Waals surface area (Å²) in [4.78, 5) is 22.8. The van der Waals surface area contributed by atoms with Gasteiger partial charge in [0.05, 0.1) is 28.0 Å². The van der Waals surface area contributed by atoms with Crippen LogP contribution in [0.25, 0.3) is 39.1 Å². The van der Waals surface area contributed by atoms with E-state index >= 15 is 0 Å². The molecule has 0 amide bonds. The minimum absolute atomic E-state index is 0.141. The summed E-state index contributed by atoms with van der Waals surface area (Å²) in [6.07, 6.45) is -3.06. The van der Waals surface area contributed by atoms with Gasteiger partial charge in [-0.25, -0.2) is 19.3 Å². The van der Waals surface area contributed by atoms with Crippen LogP contribution in [0.5, 0.6) is 11.6 Å². The van der Waals surface area contributed by atoms with Gasteiger partial charge in [-0.2, -0.15) is 13.2 Å². The number of benzene rings is 4. The largest absolute Gasteiger partial charge is 0.437 e. The lowest BCUT2D eigenvalue weighted by Crippen LogP contribution is -2.22. The standard InChI is InChI=1S/C34H19F3N4O3/c35-34(36,37)23-16-14-21(15-17-23)26-27-29(24-8-4-5-9-25(24)43-33(27)42)44-32-28(26)31-39-30(40-41(31)18-38-32)22-12-10-20(11-13-22)19-6-2-1-3-7-19/h1-18,26H. The maximum atomic E-state index is 13.5. The molecule has 1 aliphatic heterocycles. The fourth-order valence-corrected chi connectivity index (χ4v) is 5.69. The van der Waals surface area contributed by atoms with Crippen molar-refractivity contribution in [1.29, 1.82) is 0 Å². The molecular formula is C34H19F3N4O3. The van der Waals surface area contributed by atoms with Crippen LogP contribution in [-0.4, -0.2) is 19.6 Å². The third-order valence-electron chi connectivity index (χ3n) is 7.78. The average Bonchev–Trinajstić information content (AvgIpc) is 3.49. The van der Waals surface area contributed by atoms with Crippen molar-refractivity contribution >= 4 is 16.6 Å². The second-order valence-corrected chi connectivity index (χ2v) is 10.4. The molecule has 4 heterocycles. The number of fused-ring (bicyclic) bond motifs is 6. The molecule has 1 atom stereocenters. The Hall–Kier alpha value is -5.77. The summed E-state index contributed by atoms with van der Waals surface area (Å²) in [6, 6.07) is 29.3. The van der Waals surface area contributed by atoms with E-state index < -0.39 is 23.3 Å². The molecule has 1 aliphatic rings. The lowest BCUT2D eigenvalue weighted by molar-refractivity contribution is -0.137. The van der Waals surface area contributed by atoms with E-state index in [0.717, 1.165) is 28.8 Å². The quantitative estimate of drug-likeness (QED) is 0.195. The number of halogens is 3. The van der Waals surface area contributed by atoms with E-state index in [1.807, 2.05) is 54.6 Å². The van der Waals surface area contributed by atoms with Gasteiger partial charge in [-0.3, -0.25) is 0 Å². The summed E-state index contributed by atoms with van der Waals surface area (Å²) in [5.41, 5.74) is 2.98. The highest BCUT2D eigenvalue weighted by Gasteiger charge is 2.38. The van der Waals surface area contributed by atoms with Crippen molar-refractivity contribution in [2.75, 3.05) is 0 Å². The molecule has 0 spiro atoms. The van der Waals surface area contributed by atoms with Crippen molar-refractivity contribution in [3.63, 3.8) is 0 Å². The Labute approximate surface area is 246 Å². The van der Waals surface area contributed by atoms with Crippen molar-refractivity contribution < 1.29 is 22.3 Å². The first-order valence-corrected chi connectivity index (χ1v) is 13.7. The molecule has 7 nitrogen and oxygen atoms in total. The van der Waals surface area contributed by atoms with Crippen molar-refractivity contribution in [2.45, 2.75) is 12.1 Å². The van der Waals surface area contributed by atoms with Crippen molar-refractivity contribution in [3.05, 3.63) is 142 Å². The minimum Gasteiger partial charge on any atom is -0.437 e. The van der Waals surface area contributed by atoms with Crippen LogP contribution in [0.15, 0.2) is 119 Å². The number of hydrogen-bond acceptors (Lipinski definition) is 6. The number of aromatic nitrogens is 4. The third-order valence-corrected chi connectivity index (χ3v) is 7.78. The molecule has 8 rings (SSSR count). The van der Waals surface area contributed by atoms with E-state index in [9.17, 15) is 18.0 Å². The SMILES string of the molecule is O=c1oc2ccccc2c2c1C(c1ccc(C(F)(F)F)cc1)c1c(ncn3nc(-c4ccc(-c5ccccc5)cc4)nc13)O2. The highest BCUT2D eigenvalue weighted by Crippen LogP contribution is 2.49. The summed E-state index contributed by atoms with van der Waals surface area (Å²) in [7, 11) is 0. The van der Waals surface area contributed by atoms with Crippen molar-refractivity contribution in [2.24, 2.45) is 0 Å². The third kappa shape index (κ3) is 4.14. The van der Waals surface area contributed by atoms with Gasteiger partial charge in [-0.1, -0.05) is 78.9 Å². The van der Waals surface area contributed by atoms with E-state index in [1.165, 1.54) is 23.0 Å². The zero-order valence-electron chi connectivity index (χ0n) is 22.6. The van der Waals surface area contributed by atoms with Crippen LogP contribution >= 0.6 is 0 Å². The van der Waals surface area contributed by atoms with Crippen molar-refractivity contribution in [1.82, 2.24) is 19.6 Å². The minimum atomic E-state index is -4.52. The maximum absolute atomic E-state index is 13.5. The van der Waals surface area contributed by atoms with Crippen LogP contribution in [0.2, 0.25) is 0 Å². The fourth-order valence-electron chi connectivity index (χ4n) is 5.69. The molecule has 0 N–H and O–H groups in total. The monoisotopic (exact) mass is 588 g/mol. The van der Waals surface area contributed by atoms with E-state index in [2.05, 4.69) is 10.1 Å². The number of nitrogens with zero attached hydrogens (tertiary/aromatic N) is 4. The first-order valence-electron chi connectivity index (χ1n) is 13.7. The second kappa shape index (κ2) is 9.63. The Morgan fingerprint density at radius 3 is 2.18 bits per heavy atom. The van der Waals surface area contributed by atoms with Gasteiger partial charge < -0.3 is 9.15 Å². The summed E-state index contributed by atoms with van der Waals surface area (Å²) < 4.78 is 53.8. The Balaban J connectivity index is 1.32. The molecule has 214 valence electrons. The molecule has 0 bridgehead atoms. The highest BCUT2D eigenvalue weighted by atomic mass is 19.4. The molecule has 44 heavy (non-hydrogen) atoms. The number of para-hydroxylation sites is 1. The lowest BCUT2D eigenvalue weighted by Gasteiger charge is -2.27. The first-order chi connectivity index (χ1) is 21.3. The molecule has 0 saturated heterocycles. The molecule has 0 fully saturated rings. The molecule has 0 radical (unpaired) electrons. The van der Waals surface area contributed by atoms with Crippen LogP contribution in [0.1, 0.15) is 28.2 Å². The molecular weight excluding hydrogens is 569 g/mol. The second-order valence-electron chi connectivity index (χ2n) is 10.4. The van der Waals surface area contributed by atoms with Gasteiger partial charge in [-0.15, -0.1) is 5.10 Å². The molecule has 1 unspecified atom stereocenters. The molecule has 0 saturated carbocycles. The first kappa shape index (κ1) is 25.9. The zero-order valence-corrected chi connectivity index (χ0v) is 22.6. The van der Waals surface area contributed by atoms with Crippen LogP contribution in [0.3, 0.4) is 0 Å². The van der Waals surface area contributed by atoms with Crippen molar-refractivity contribution in [3.8, 4) is 34.1 Å². The van der Waals surface area contributed by atoms with Gasteiger partial charge in [0.15, 0.2) is 17.2 Å². The fraction of sp³-hybridized carbons (Fsp3) is 0.0588. The molecule has 3 aromatic heterocycles. The normalized spacial score (nSPS) is 14.3. The number of rotatable bonds is 3. The van der Waals surface area contributed by atoms with Gasteiger partial charge in [0.2, 0.25) is 5.88 Å². The Kier molecular flexibility index (Phi) is 5.67. The predicted molar refractivity (Wildman–Crippen MR) is 157 cm³/mol. The number of alkyl halides is 3. The highest BCUT2D eigenvalue weighted by molar-refractivity contribution is 5.87. The topological polar surface area (TPSA) is 82.5 Å². The van der Waals surface area contributed by atoms with E-state index in [1.54, 1.807) is 24.3 Å². The summed E-state index contributed by atoms with van der Waals surface area (Å²) in [6.45, 7) is 0. The molecule has 0 aliphatic carbocycles. The lowest BCUT2D eigenvalue weighted by atomic mass is 9.84. The maximum Gasteiger partial charge on any atom is 0.416 e. The van der Waals surface area contributed by atoms with Gasteiger partial charge in [0.25, 0.3) is 0 Å². The molecule has 10 heteroatoms. The van der Waals surface area contributed by atoms with Crippen LogP contribution < -0.4 is 10.4 Å². The van der Waals surface area contributed by atoms with E-state index in [4.69, 9.17) is 14.1 Å². The van der Waals surface area contributed by atoms with Gasteiger partial charge >= 0.3 is 11.8 Å². The Bertz CT molecular complexity index is 2260. The van der Waals surface area contributed by atoms with Crippen LogP contribution in [-0.2, 0) is 6.18 Å². The van der Waals surface area contributed by atoms with Gasteiger partial charge in [-0.05, 0) is 41.0 Å². The Morgan fingerprint density at radius 1 is 0.750 bits per heavy atom. The van der Waals surface area contributed by atoms with Crippen LogP contribution in [0.4, 0.5) is 13.2 Å². The Morgan fingerprint density at radius 2 is 1.43 bits per heavy atom. The predicted octanol–water partition coefficient (Wildman–Crippen LogP) is 7.87. The van der Waals surface area contributed by atoms with Gasteiger partial charge in [0.1, 0.15) is 11.9 Å². The smallest absolute Gasteiger partial charge is 0.416 e. The summed E-state index contributed by atoms with van der Waals surface area (Å²) in [5, 5.41) is 5.17.